The molecule has 1 amide bonds. The summed E-state index contributed by atoms with van der Waals surface area (Å²) in [5, 5.41) is 19.4. The fourth-order valence-corrected chi connectivity index (χ4v) is 4.49. The average molecular weight is 457 g/mol. The van der Waals surface area contributed by atoms with Gasteiger partial charge in [-0.2, -0.15) is 0 Å². The number of nitrogens with one attached hydrogen (secondary N) is 3. The molecule has 9 heteroatoms. The maximum atomic E-state index is 12.9. The van der Waals surface area contributed by atoms with E-state index in [4.69, 9.17) is 23.2 Å². The second-order valence-electron chi connectivity index (χ2n) is 7.09. The molecule has 1 unspecified atom stereocenters. The van der Waals surface area contributed by atoms with Gasteiger partial charge in [-0.15, -0.1) is 12.4 Å². The first kappa shape index (κ1) is 21.7. The maximum Gasteiger partial charge on any atom is 0.326 e. The van der Waals surface area contributed by atoms with Crippen molar-refractivity contribution in [2.45, 2.75) is 37.5 Å². The first-order chi connectivity index (χ1) is 13.4. The van der Waals surface area contributed by atoms with Crippen LogP contribution in [0.1, 0.15) is 29.2 Å². The largest absolute Gasteiger partial charge is 0.480 e. The van der Waals surface area contributed by atoms with Crippen molar-refractivity contribution >= 4 is 53.2 Å². The van der Waals surface area contributed by atoms with E-state index in [-0.39, 0.29) is 30.8 Å². The molecule has 3 atom stereocenters. The minimum Gasteiger partial charge on any atom is -0.480 e. The third-order valence-corrected chi connectivity index (χ3v) is 5.79. The number of carbonyl (C=O) groups excluding carboxylic acids is 1. The van der Waals surface area contributed by atoms with E-state index in [1.54, 1.807) is 12.1 Å². The van der Waals surface area contributed by atoms with Crippen LogP contribution in [0.25, 0.3) is 0 Å². The molecule has 2 aromatic carbocycles. The van der Waals surface area contributed by atoms with Crippen molar-refractivity contribution < 1.29 is 14.7 Å². The Bertz CT molecular complexity index is 954. The Kier molecular flexibility index (Phi) is 6.58. The van der Waals surface area contributed by atoms with Gasteiger partial charge >= 0.3 is 5.97 Å². The van der Waals surface area contributed by atoms with Crippen LogP contribution >= 0.6 is 35.6 Å². The number of carboxylic acid groups (broad SMARTS) is 1. The summed E-state index contributed by atoms with van der Waals surface area (Å²) in [5.74, 6) is -1.17. The van der Waals surface area contributed by atoms with Crippen molar-refractivity contribution in [3.63, 3.8) is 0 Å². The standard InChI is InChI=1S/C20H19Cl2N3O3.ClH/c21-12-6-13(22)18-14(7-12)24-17(20(27)28)8-15(18)25-19(26)16-5-10-3-1-2-4-11(10)9-23-16;/h1-4,6-7,15-17,23-24H,5,8-9H2,(H,25,26)(H,27,28);1H/t15-,16?,17+;/m0./s1. The number of anilines is 1. The number of hydrogen-bond donors (Lipinski definition) is 4. The number of rotatable bonds is 3. The predicted molar refractivity (Wildman–Crippen MR) is 115 cm³/mol. The Labute approximate surface area is 184 Å². The van der Waals surface area contributed by atoms with E-state index in [0.717, 1.165) is 5.56 Å². The number of carbonyl (C=O) groups is 2. The van der Waals surface area contributed by atoms with E-state index in [9.17, 15) is 14.7 Å². The highest BCUT2D eigenvalue weighted by atomic mass is 35.5. The number of halogens is 3. The Morgan fingerprint density at radius 1 is 1.10 bits per heavy atom. The number of amides is 1. The monoisotopic (exact) mass is 455 g/mol. The van der Waals surface area contributed by atoms with E-state index < -0.39 is 18.1 Å². The van der Waals surface area contributed by atoms with Crippen molar-refractivity contribution in [3.8, 4) is 0 Å². The number of hydrogen-bond acceptors (Lipinski definition) is 4. The molecule has 0 bridgehead atoms. The third kappa shape index (κ3) is 4.46. The zero-order valence-corrected chi connectivity index (χ0v) is 17.6. The van der Waals surface area contributed by atoms with Crippen LogP contribution in [0, 0.1) is 0 Å². The molecule has 4 N–H and O–H groups in total. The van der Waals surface area contributed by atoms with Gasteiger partial charge in [-0.05, 0) is 29.7 Å². The van der Waals surface area contributed by atoms with Gasteiger partial charge in [0.05, 0.1) is 12.1 Å². The molecular formula is C20H20Cl3N3O3. The molecule has 0 aromatic heterocycles. The first-order valence-electron chi connectivity index (χ1n) is 9.01. The molecule has 2 aliphatic rings. The van der Waals surface area contributed by atoms with Crippen LogP contribution in [-0.4, -0.2) is 29.1 Å². The van der Waals surface area contributed by atoms with Crippen LogP contribution < -0.4 is 16.0 Å². The van der Waals surface area contributed by atoms with Crippen molar-refractivity contribution in [3.05, 3.63) is 63.1 Å². The van der Waals surface area contributed by atoms with Gasteiger partial charge in [0.15, 0.2) is 0 Å². The van der Waals surface area contributed by atoms with Crippen molar-refractivity contribution in [2.24, 2.45) is 0 Å². The molecule has 0 fully saturated rings. The molecule has 6 nitrogen and oxygen atoms in total. The summed E-state index contributed by atoms with van der Waals surface area (Å²) in [6.07, 6.45) is 0.773. The van der Waals surface area contributed by atoms with Gasteiger partial charge in [-0.1, -0.05) is 47.5 Å². The van der Waals surface area contributed by atoms with E-state index in [0.29, 0.717) is 34.3 Å². The summed E-state index contributed by atoms with van der Waals surface area (Å²) in [6, 6.07) is 9.49. The lowest BCUT2D eigenvalue weighted by atomic mass is 9.91. The fourth-order valence-electron chi connectivity index (χ4n) is 3.86. The van der Waals surface area contributed by atoms with E-state index >= 15 is 0 Å². The van der Waals surface area contributed by atoms with Gasteiger partial charge in [-0.3, -0.25) is 4.79 Å². The van der Waals surface area contributed by atoms with Crippen LogP contribution in [0.15, 0.2) is 36.4 Å². The van der Waals surface area contributed by atoms with E-state index in [1.807, 2.05) is 24.3 Å². The summed E-state index contributed by atoms with van der Waals surface area (Å²) < 4.78 is 0. The molecule has 2 aromatic rings. The lowest BCUT2D eigenvalue weighted by Gasteiger charge is -2.34. The molecule has 2 heterocycles. The zero-order valence-electron chi connectivity index (χ0n) is 15.2. The molecule has 29 heavy (non-hydrogen) atoms. The molecule has 154 valence electrons. The Balaban J connectivity index is 0.00000240. The van der Waals surface area contributed by atoms with Crippen LogP contribution in [0.2, 0.25) is 10.0 Å². The summed E-state index contributed by atoms with van der Waals surface area (Å²) in [7, 11) is 0. The second kappa shape index (κ2) is 8.79. The van der Waals surface area contributed by atoms with Crippen LogP contribution in [-0.2, 0) is 22.6 Å². The summed E-state index contributed by atoms with van der Waals surface area (Å²) in [5.41, 5.74) is 3.51. The fraction of sp³-hybridized carbons (Fsp3) is 0.300. The summed E-state index contributed by atoms with van der Waals surface area (Å²) >= 11 is 12.4. The van der Waals surface area contributed by atoms with Crippen LogP contribution in [0.4, 0.5) is 5.69 Å². The minimum absolute atomic E-state index is 0. The van der Waals surface area contributed by atoms with Crippen molar-refractivity contribution in [1.82, 2.24) is 10.6 Å². The maximum absolute atomic E-state index is 12.9. The summed E-state index contributed by atoms with van der Waals surface area (Å²) in [6.45, 7) is 0.616. The number of carboxylic acids is 1. The average Bonchev–Trinajstić information content (AvgIpc) is 2.66. The number of fused-ring (bicyclic) bond motifs is 2. The number of benzene rings is 2. The van der Waals surface area contributed by atoms with Gasteiger partial charge < -0.3 is 21.1 Å². The van der Waals surface area contributed by atoms with Gasteiger partial charge in [0.1, 0.15) is 6.04 Å². The quantitative estimate of drug-likeness (QED) is 0.567. The third-order valence-electron chi connectivity index (χ3n) is 5.26. The first-order valence-corrected chi connectivity index (χ1v) is 9.77. The van der Waals surface area contributed by atoms with Crippen molar-refractivity contribution in [1.29, 1.82) is 0 Å². The highest BCUT2D eigenvalue weighted by Gasteiger charge is 2.35. The molecular weight excluding hydrogens is 437 g/mol. The van der Waals surface area contributed by atoms with Gasteiger partial charge in [0.2, 0.25) is 5.91 Å². The molecule has 0 saturated carbocycles. The Morgan fingerprint density at radius 2 is 1.83 bits per heavy atom. The van der Waals surface area contributed by atoms with Gasteiger partial charge in [0.25, 0.3) is 0 Å². The molecule has 0 saturated heterocycles. The van der Waals surface area contributed by atoms with Crippen LogP contribution in [0.5, 0.6) is 0 Å². The minimum atomic E-state index is -0.995. The Morgan fingerprint density at radius 3 is 2.55 bits per heavy atom. The van der Waals surface area contributed by atoms with E-state index in [2.05, 4.69) is 16.0 Å². The van der Waals surface area contributed by atoms with Gasteiger partial charge in [-0.25, -0.2) is 4.79 Å². The lowest BCUT2D eigenvalue weighted by Crippen LogP contribution is -2.50. The highest BCUT2D eigenvalue weighted by Crippen LogP contribution is 2.40. The molecule has 4 rings (SSSR count). The second-order valence-corrected chi connectivity index (χ2v) is 7.93. The van der Waals surface area contributed by atoms with E-state index in [1.165, 1.54) is 5.56 Å². The molecule has 0 spiro atoms. The molecule has 0 aliphatic carbocycles. The zero-order chi connectivity index (χ0) is 19.8. The van der Waals surface area contributed by atoms with Crippen LogP contribution in [0.3, 0.4) is 0 Å². The van der Waals surface area contributed by atoms with Crippen molar-refractivity contribution in [2.75, 3.05) is 5.32 Å². The lowest BCUT2D eigenvalue weighted by molar-refractivity contribution is -0.138. The SMILES string of the molecule is Cl.O=C(N[C@H]1C[C@H](C(=O)O)Nc2cc(Cl)cc(Cl)c21)C1Cc2ccccc2CN1. The molecule has 0 radical (unpaired) electrons. The summed E-state index contributed by atoms with van der Waals surface area (Å²) in [4.78, 5) is 24.5. The topological polar surface area (TPSA) is 90.5 Å². The molecule has 2 aliphatic heterocycles. The Hall–Kier alpha value is -1.99. The highest BCUT2D eigenvalue weighted by molar-refractivity contribution is 6.35. The smallest absolute Gasteiger partial charge is 0.326 e. The normalized spacial score (nSPS) is 22.3. The number of aliphatic carboxylic acids is 1. The van der Waals surface area contributed by atoms with Gasteiger partial charge in [0, 0.05) is 34.3 Å². The predicted octanol–water partition coefficient (Wildman–Crippen LogP) is 3.56.